The van der Waals surface area contributed by atoms with E-state index >= 15 is 0 Å². The lowest BCUT2D eigenvalue weighted by Gasteiger charge is -2.30. The summed E-state index contributed by atoms with van der Waals surface area (Å²) in [7, 11) is 0. The summed E-state index contributed by atoms with van der Waals surface area (Å²) in [6.07, 6.45) is 1.69. The van der Waals surface area contributed by atoms with Gasteiger partial charge in [-0.3, -0.25) is 14.7 Å². The van der Waals surface area contributed by atoms with Crippen LogP contribution in [-0.2, 0) is 16.1 Å². The number of para-hydroxylation sites is 1. The summed E-state index contributed by atoms with van der Waals surface area (Å²) in [5.74, 6) is -0.575. The van der Waals surface area contributed by atoms with E-state index in [0.717, 1.165) is 22.1 Å². The van der Waals surface area contributed by atoms with Crippen LogP contribution in [0.5, 0.6) is 0 Å². The number of hydrogen-bond donors (Lipinski definition) is 1. The Kier molecular flexibility index (Phi) is 7.65. The van der Waals surface area contributed by atoms with Crippen LogP contribution in [0.2, 0.25) is 5.02 Å². The number of carbonyl (C=O) groups is 2. The molecular formula is C34H28ClN3O3. The number of pyridine rings is 1. The molecule has 2 heterocycles. The van der Waals surface area contributed by atoms with Crippen molar-refractivity contribution in [1.29, 1.82) is 0 Å². The Morgan fingerprint density at radius 1 is 0.829 bits per heavy atom. The van der Waals surface area contributed by atoms with Gasteiger partial charge in [0.25, 0.3) is 0 Å². The first kappa shape index (κ1) is 26.5. The highest BCUT2D eigenvalue weighted by Gasteiger charge is 2.49. The van der Waals surface area contributed by atoms with Crippen LogP contribution < -0.4 is 5.32 Å². The number of likely N-dealkylation sites (tertiary alicyclic amines) is 1. The van der Waals surface area contributed by atoms with Gasteiger partial charge in [0.15, 0.2) is 0 Å². The molecule has 6 nitrogen and oxygen atoms in total. The molecule has 1 aliphatic rings. The number of nitrogens with one attached hydrogen (secondary N) is 1. The first-order chi connectivity index (χ1) is 20.1. The quantitative estimate of drug-likeness (QED) is 0.230. The average molecular weight is 562 g/mol. The molecule has 1 N–H and O–H groups in total. The van der Waals surface area contributed by atoms with E-state index in [0.29, 0.717) is 22.6 Å². The van der Waals surface area contributed by atoms with Gasteiger partial charge in [0.2, 0.25) is 5.91 Å². The van der Waals surface area contributed by atoms with E-state index in [1.165, 1.54) is 0 Å². The molecule has 6 rings (SSSR count). The third kappa shape index (κ3) is 5.65. The normalized spacial score (nSPS) is 18.3. The van der Waals surface area contributed by atoms with Gasteiger partial charge in [0, 0.05) is 22.5 Å². The highest BCUT2D eigenvalue weighted by atomic mass is 35.5. The number of nitrogens with zero attached hydrogens (tertiary/aromatic N) is 2. The van der Waals surface area contributed by atoms with Gasteiger partial charge in [-0.25, -0.2) is 4.79 Å². The molecule has 2 amide bonds. The van der Waals surface area contributed by atoms with Crippen molar-refractivity contribution >= 4 is 40.2 Å². The van der Waals surface area contributed by atoms with Crippen LogP contribution >= 0.6 is 11.6 Å². The first-order valence-electron chi connectivity index (χ1n) is 13.5. The molecule has 1 aromatic heterocycles. The number of benzene rings is 4. The minimum absolute atomic E-state index is 0.0983. The molecule has 5 aromatic rings. The summed E-state index contributed by atoms with van der Waals surface area (Å²) in [5.41, 5.74) is 4.00. The standard InChI is InChI=1S/C34H28ClN3O3/c35-27-18-16-25(17-19-27)30-21-28(24-11-5-2-6-12-24)32(38(30)34(40)41-22-23-9-3-1-4-10-23)33(39)37-29-15-7-13-26-14-8-20-36-31(26)29/h1-20,28,30,32H,21-22H2,(H,37,39)/t28-,30-,32-/m0/s1. The molecule has 1 fully saturated rings. The first-order valence-corrected chi connectivity index (χ1v) is 13.9. The van der Waals surface area contributed by atoms with E-state index in [1.54, 1.807) is 23.2 Å². The third-order valence-corrected chi connectivity index (χ3v) is 7.80. The fourth-order valence-corrected chi connectivity index (χ4v) is 5.75. The molecule has 0 saturated carbocycles. The zero-order chi connectivity index (χ0) is 28.2. The second-order valence-electron chi connectivity index (χ2n) is 10.1. The van der Waals surface area contributed by atoms with Gasteiger partial charge in [0.05, 0.1) is 17.2 Å². The number of amides is 2. The summed E-state index contributed by atoms with van der Waals surface area (Å²) in [6.45, 7) is 0.0983. The Labute approximate surface area is 243 Å². The monoisotopic (exact) mass is 561 g/mol. The van der Waals surface area contributed by atoms with Gasteiger partial charge in [0.1, 0.15) is 12.6 Å². The number of anilines is 1. The molecule has 0 bridgehead atoms. The maximum absolute atomic E-state index is 14.3. The van der Waals surface area contributed by atoms with Gasteiger partial charge >= 0.3 is 6.09 Å². The number of ether oxygens (including phenoxy) is 1. The molecule has 3 atom stereocenters. The van der Waals surface area contributed by atoms with E-state index < -0.39 is 18.2 Å². The number of halogens is 1. The second-order valence-corrected chi connectivity index (χ2v) is 10.5. The highest BCUT2D eigenvalue weighted by molar-refractivity contribution is 6.30. The summed E-state index contributed by atoms with van der Waals surface area (Å²) < 4.78 is 5.84. The maximum Gasteiger partial charge on any atom is 0.411 e. The minimum Gasteiger partial charge on any atom is -0.445 e. The van der Waals surface area contributed by atoms with Crippen LogP contribution in [-0.4, -0.2) is 27.9 Å². The largest absolute Gasteiger partial charge is 0.445 e. The van der Waals surface area contributed by atoms with Crippen molar-refractivity contribution in [2.75, 3.05) is 5.32 Å². The lowest BCUT2D eigenvalue weighted by atomic mass is 9.89. The Balaban J connectivity index is 1.40. The fourth-order valence-electron chi connectivity index (χ4n) is 5.63. The lowest BCUT2D eigenvalue weighted by molar-refractivity contribution is -0.120. The minimum atomic E-state index is -0.833. The predicted molar refractivity (Wildman–Crippen MR) is 161 cm³/mol. The topological polar surface area (TPSA) is 71.5 Å². The number of hydrogen-bond acceptors (Lipinski definition) is 4. The number of rotatable bonds is 6. The zero-order valence-electron chi connectivity index (χ0n) is 22.2. The summed E-state index contributed by atoms with van der Waals surface area (Å²) in [6, 6.07) is 35.0. The number of aromatic nitrogens is 1. The molecule has 204 valence electrons. The van der Waals surface area contributed by atoms with Gasteiger partial charge in [-0.1, -0.05) is 103 Å². The Morgan fingerprint density at radius 2 is 1.54 bits per heavy atom. The molecule has 0 radical (unpaired) electrons. The van der Waals surface area contributed by atoms with Crippen molar-refractivity contribution in [3.8, 4) is 0 Å². The molecule has 41 heavy (non-hydrogen) atoms. The fraction of sp³-hybridized carbons (Fsp3) is 0.147. The van der Waals surface area contributed by atoms with Crippen molar-refractivity contribution in [2.24, 2.45) is 0 Å². The molecule has 1 saturated heterocycles. The van der Waals surface area contributed by atoms with Gasteiger partial charge in [-0.05, 0) is 47.4 Å². The van der Waals surface area contributed by atoms with Gasteiger partial charge in [-0.15, -0.1) is 0 Å². The second kappa shape index (κ2) is 11.8. The van der Waals surface area contributed by atoms with E-state index in [-0.39, 0.29) is 18.4 Å². The van der Waals surface area contributed by atoms with Crippen molar-refractivity contribution in [3.05, 3.63) is 143 Å². The summed E-state index contributed by atoms with van der Waals surface area (Å²) in [5, 5.41) is 4.61. The van der Waals surface area contributed by atoms with Crippen LogP contribution in [0.15, 0.2) is 121 Å². The maximum atomic E-state index is 14.3. The Bertz CT molecular complexity index is 1660. The van der Waals surface area contributed by atoms with Crippen LogP contribution in [0, 0.1) is 0 Å². The summed E-state index contributed by atoms with van der Waals surface area (Å²) in [4.78, 5) is 34.3. The predicted octanol–water partition coefficient (Wildman–Crippen LogP) is 7.76. The average Bonchev–Trinajstić information content (AvgIpc) is 3.42. The lowest BCUT2D eigenvalue weighted by Crippen LogP contribution is -2.46. The molecule has 1 aliphatic heterocycles. The van der Waals surface area contributed by atoms with Crippen molar-refractivity contribution in [1.82, 2.24) is 9.88 Å². The van der Waals surface area contributed by atoms with Crippen LogP contribution in [0.4, 0.5) is 10.5 Å². The third-order valence-electron chi connectivity index (χ3n) is 7.55. The van der Waals surface area contributed by atoms with E-state index in [2.05, 4.69) is 10.3 Å². The Hall–Kier alpha value is -4.68. The molecule has 0 aliphatic carbocycles. The van der Waals surface area contributed by atoms with E-state index in [9.17, 15) is 9.59 Å². The van der Waals surface area contributed by atoms with E-state index in [4.69, 9.17) is 16.3 Å². The number of fused-ring (bicyclic) bond motifs is 1. The zero-order valence-corrected chi connectivity index (χ0v) is 22.9. The van der Waals surface area contributed by atoms with Crippen LogP contribution in [0.25, 0.3) is 10.9 Å². The van der Waals surface area contributed by atoms with E-state index in [1.807, 2.05) is 103 Å². The molecule has 7 heteroatoms. The SMILES string of the molecule is O=C(Nc1cccc2cccnc12)[C@@H]1[C@H](c2ccccc2)C[C@@H](c2ccc(Cl)cc2)N1C(=O)OCc1ccccc1. The van der Waals surface area contributed by atoms with Crippen LogP contribution in [0.3, 0.4) is 0 Å². The molecular weight excluding hydrogens is 534 g/mol. The molecule has 0 spiro atoms. The Morgan fingerprint density at radius 3 is 2.29 bits per heavy atom. The van der Waals surface area contributed by atoms with Crippen LogP contribution in [0.1, 0.15) is 35.1 Å². The van der Waals surface area contributed by atoms with Gasteiger partial charge in [-0.2, -0.15) is 0 Å². The van der Waals surface area contributed by atoms with Crippen molar-refractivity contribution in [3.63, 3.8) is 0 Å². The number of carbonyl (C=O) groups excluding carboxylic acids is 2. The summed E-state index contributed by atoms with van der Waals surface area (Å²) >= 11 is 6.20. The smallest absolute Gasteiger partial charge is 0.411 e. The highest BCUT2D eigenvalue weighted by Crippen LogP contribution is 2.46. The van der Waals surface area contributed by atoms with Crippen molar-refractivity contribution in [2.45, 2.75) is 31.0 Å². The molecule has 0 unspecified atom stereocenters. The molecule has 4 aromatic carbocycles. The van der Waals surface area contributed by atoms with Gasteiger partial charge < -0.3 is 10.1 Å². The van der Waals surface area contributed by atoms with Crippen molar-refractivity contribution < 1.29 is 14.3 Å².